The van der Waals surface area contributed by atoms with Gasteiger partial charge in [-0.2, -0.15) is 0 Å². The molecule has 1 N–H and O–H groups in total. The fraction of sp³-hybridized carbons (Fsp3) is 0.571. The number of pyridine rings is 1. The maximum Gasteiger partial charge on any atom is 0.316 e. The number of anilines is 1. The fourth-order valence-corrected chi connectivity index (χ4v) is 2.01. The Morgan fingerprint density at radius 2 is 2.16 bits per heavy atom. The quantitative estimate of drug-likeness (QED) is 0.640. The summed E-state index contributed by atoms with van der Waals surface area (Å²) in [6.45, 7) is 8.59. The maximum atomic E-state index is 11.6. The summed E-state index contributed by atoms with van der Waals surface area (Å²) in [4.78, 5) is 16.0. The molecular formula is C14H22N2O2S. The van der Waals surface area contributed by atoms with Crippen molar-refractivity contribution >= 4 is 23.5 Å². The lowest BCUT2D eigenvalue weighted by Crippen LogP contribution is -2.24. The number of ether oxygens (including phenoxy) is 1. The Kier molecular flexibility index (Phi) is 6.15. The van der Waals surface area contributed by atoms with E-state index in [0.717, 1.165) is 23.8 Å². The highest BCUT2D eigenvalue weighted by Gasteiger charge is 2.16. The van der Waals surface area contributed by atoms with Crippen LogP contribution < -0.4 is 5.32 Å². The third-order valence-corrected chi connectivity index (χ3v) is 2.94. The van der Waals surface area contributed by atoms with E-state index in [2.05, 4.69) is 17.2 Å². The zero-order valence-electron chi connectivity index (χ0n) is 12.0. The first kappa shape index (κ1) is 15.8. The average Bonchev–Trinajstić information content (AvgIpc) is 2.32. The largest absolute Gasteiger partial charge is 0.459 e. The molecule has 0 aliphatic carbocycles. The summed E-state index contributed by atoms with van der Waals surface area (Å²) in [7, 11) is 0. The highest BCUT2D eigenvalue weighted by atomic mass is 32.2. The topological polar surface area (TPSA) is 51.2 Å². The normalized spacial score (nSPS) is 11.2. The van der Waals surface area contributed by atoms with Crippen LogP contribution >= 0.6 is 11.8 Å². The van der Waals surface area contributed by atoms with Crippen LogP contribution in [0.2, 0.25) is 0 Å². The molecule has 0 saturated heterocycles. The molecular weight excluding hydrogens is 260 g/mol. The van der Waals surface area contributed by atoms with Crippen molar-refractivity contribution in [3.63, 3.8) is 0 Å². The number of esters is 1. The Balaban J connectivity index is 2.46. The second kappa shape index (κ2) is 7.38. The first-order chi connectivity index (χ1) is 8.90. The molecule has 19 heavy (non-hydrogen) atoms. The smallest absolute Gasteiger partial charge is 0.316 e. The van der Waals surface area contributed by atoms with Gasteiger partial charge in [0.05, 0.1) is 10.8 Å². The molecule has 0 aromatic carbocycles. The summed E-state index contributed by atoms with van der Waals surface area (Å²) in [5.41, 5.74) is -0.435. The zero-order chi connectivity index (χ0) is 14.3. The number of carbonyl (C=O) groups excluding carboxylic acids is 1. The van der Waals surface area contributed by atoms with Gasteiger partial charge in [0.1, 0.15) is 11.4 Å². The minimum atomic E-state index is -0.435. The van der Waals surface area contributed by atoms with Crippen molar-refractivity contribution in [2.75, 3.05) is 17.6 Å². The molecule has 1 aromatic heterocycles. The Labute approximate surface area is 119 Å². The molecule has 0 fully saturated rings. The van der Waals surface area contributed by atoms with E-state index in [-0.39, 0.29) is 11.7 Å². The van der Waals surface area contributed by atoms with Crippen molar-refractivity contribution in [2.24, 2.45) is 0 Å². The number of hydrogen-bond donors (Lipinski definition) is 1. The Hall–Kier alpha value is -1.23. The maximum absolute atomic E-state index is 11.6. The second-order valence-electron chi connectivity index (χ2n) is 5.16. The van der Waals surface area contributed by atoms with Gasteiger partial charge in [-0.1, -0.05) is 24.8 Å². The lowest BCUT2D eigenvalue weighted by molar-refractivity contribution is -0.151. The molecule has 0 aliphatic rings. The standard InChI is InChI=1S/C14H22N2O2S/c1-5-9-15-11-7-6-8-12(16-11)19-10-13(17)18-14(2,3)4/h6-8H,5,9-10H2,1-4H3,(H,15,16). The van der Waals surface area contributed by atoms with Crippen molar-refractivity contribution in [2.45, 2.75) is 44.7 Å². The highest BCUT2D eigenvalue weighted by molar-refractivity contribution is 7.99. The van der Waals surface area contributed by atoms with Crippen LogP contribution in [0.5, 0.6) is 0 Å². The summed E-state index contributed by atoms with van der Waals surface area (Å²) >= 11 is 1.39. The van der Waals surface area contributed by atoms with E-state index in [0.29, 0.717) is 0 Å². The number of rotatable bonds is 6. The van der Waals surface area contributed by atoms with E-state index in [1.54, 1.807) is 0 Å². The van der Waals surface area contributed by atoms with Crippen LogP contribution in [0.4, 0.5) is 5.82 Å². The average molecular weight is 282 g/mol. The van der Waals surface area contributed by atoms with Gasteiger partial charge < -0.3 is 10.1 Å². The van der Waals surface area contributed by atoms with Gasteiger partial charge in [-0.25, -0.2) is 4.98 Å². The molecule has 0 aliphatic heterocycles. The molecule has 106 valence electrons. The molecule has 0 unspecified atom stereocenters. The molecule has 0 atom stereocenters. The third kappa shape index (κ3) is 7.06. The minimum Gasteiger partial charge on any atom is -0.459 e. The van der Waals surface area contributed by atoms with Crippen LogP contribution in [0.3, 0.4) is 0 Å². The summed E-state index contributed by atoms with van der Waals surface area (Å²) in [5.74, 6) is 0.906. The van der Waals surface area contributed by atoms with Gasteiger partial charge in [-0.05, 0) is 39.3 Å². The van der Waals surface area contributed by atoms with Crippen LogP contribution in [-0.2, 0) is 9.53 Å². The number of nitrogens with zero attached hydrogens (tertiary/aromatic N) is 1. The van der Waals surface area contributed by atoms with Crippen LogP contribution in [0.1, 0.15) is 34.1 Å². The molecule has 1 heterocycles. The first-order valence-electron chi connectivity index (χ1n) is 6.46. The molecule has 1 aromatic rings. The predicted molar refractivity (Wildman–Crippen MR) is 79.6 cm³/mol. The van der Waals surface area contributed by atoms with Crippen LogP contribution in [-0.4, -0.2) is 28.9 Å². The van der Waals surface area contributed by atoms with Gasteiger partial charge >= 0.3 is 5.97 Å². The first-order valence-corrected chi connectivity index (χ1v) is 7.45. The SMILES string of the molecule is CCCNc1cccc(SCC(=O)OC(C)(C)C)n1. The van der Waals surface area contributed by atoms with Crippen molar-refractivity contribution < 1.29 is 9.53 Å². The molecule has 0 amide bonds. The van der Waals surface area contributed by atoms with Crippen molar-refractivity contribution in [1.29, 1.82) is 0 Å². The molecule has 0 bridgehead atoms. The van der Waals surface area contributed by atoms with E-state index >= 15 is 0 Å². The van der Waals surface area contributed by atoms with Gasteiger partial charge in [-0.15, -0.1) is 0 Å². The number of carbonyl (C=O) groups is 1. The number of thioether (sulfide) groups is 1. The van der Waals surface area contributed by atoms with Crippen LogP contribution in [0.25, 0.3) is 0 Å². The van der Waals surface area contributed by atoms with Gasteiger partial charge in [-0.3, -0.25) is 4.79 Å². The summed E-state index contributed by atoms with van der Waals surface area (Å²) in [5, 5.41) is 4.05. The summed E-state index contributed by atoms with van der Waals surface area (Å²) in [6.07, 6.45) is 1.05. The molecule has 0 spiro atoms. The van der Waals surface area contributed by atoms with Gasteiger partial charge in [0.2, 0.25) is 0 Å². The summed E-state index contributed by atoms with van der Waals surface area (Å²) < 4.78 is 5.25. The van der Waals surface area contributed by atoms with E-state index in [1.807, 2.05) is 39.0 Å². The van der Waals surface area contributed by atoms with E-state index in [9.17, 15) is 4.79 Å². The number of nitrogens with one attached hydrogen (secondary N) is 1. The fourth-order valence-electron chi connectivity index (χ4n) is 1.35. The predicted octanol–water partition coefficient (Wildman–Crippen LogP) is 3.34. The Morgan fingerprint density at radius 3 is 2.79 bits per heavy atom. The van der Waals surface area contributed by atoms with Gasteiger partial charge in [0, 0.05) is 6.54 Å². The molecule has 0 saturated carbocycles. The molecule has 5 heteroatoms. The molecule has 0 radical (unpaired) electrons. The second-order valence-corrected chi connectivity index (χ2v) is 6.16. The van der Waals surface area contributed by atoms with Crippen molar-refractivity contribution in [3.05, 3.63) is 18.2 Å². The van der Waals surface area contributed by atoms with Crippen molar-refractivity contribution in [3.8, 4) is 0 Å². The molecule has 4 nitrogen and oxygen atoms in total. The van der Waals surface area contributed by atoms with E-state index in [4.69, 9.17) is 4.74 Å². The van der Waals surface area contributed by atoms with Crippen molar-refractivity contribution in [1.82, 2.24) is 4.98 Å². The number of hydrogen-bond acceptors (Lipinski definition) is 5. The van der Waals surface area contributed by atoms with Crippen LogP contribution in [0.15, 0.2) is 23.2 Å². The van der Waals surface area contributed by atoms with Gasteiger partial charge in [0.25, 0.3) is 0 Å². The monoisotopic (exact) mass is 282 g/mol. The minimum absolute atomic E-state index is 0.216. The summed E-state index contributed by atoms with van der Waals surface area (Å²) in [6, 6.07) is 5.75. The molecule has 1 rings (SSSR count). The Morgan fingerprint density at radius 1 is 1.42 bits per heavy atom. The Bertz CT molecular complexity index is 416. The van der Waals surface area contributed by atoms with Gasteiger partial charge in [0.15, 0.2) is 0 Å². The van der Waals surface area contributed by atoms with Crippen LogP contribution in [0, 0.1) is 0 Å². The lowest BCUT2D eigenvalue weighted by atomic mass is 10.2. The highest BCUT2D eigenvalue weighted by Crippen LogP contribution is 2.18. The lowest BCUT2D eigenvalue weighted by Gasteiger charge is -2.19. The third-order valence-electron chi connectivity index (χ3n) is 2.04. The van der Waals surface area contributed by atoms with E-state index in [1.165, 1.54) is 11.8 Å². The van der Waals surface area contributed by atoms with E-state index < -0.39 is 5.60 Å². The zero-order valence-corrected chi connectivity index (χ0v) is 12.8. The number of aromatic nitrogens is 1.